The molecular weight excluding hydrogens is 289 g/mol. The van der Waals surface area contributed by atoms with Crippen molar-refractivity contribution in [1.82, 2.24) is 0 Å². The van der Waals surface area contributed by atoms with Gasteiger partial charge < -0.3 is 20.3 Å². The smallest absolute Gasteiger partial charge is 0.176 e. The van der Waals surface area contributed by atoms with Gasteiger partial charge in [0.05, 0.1) is 12.1 Å². The van der Waals surface area contributed by atoms with Crippen LogP contribution in [-0.2, 0) is 4.74 Å². The zero-order valence-corrected chi connectivity index (χ0v) is 12.3. The molecule has 0 bridgehead atoms. The van der Waals surface area contributed by atoms with Crippen molar-refractivity contribution >= 4 is 24.0 Å². The number of phenolic OH excluding ortho intramolecular Hbond substituents is 1. The maximum absolute atomic E-state index is 9.70. The van der Waals surface area contributed by atoms with Crippen molar-refractivity contribution in [2.24, 2.45) is 11.7 Å². The van der Waals surface area contributed by atoms with Crippen molar-refractivity contribution < 1.29 is 14.6 Å². The van der Waals surface area contributed by atoms with Gasteiger partial charge in [-0.1, -0.05) is 11.6 Å². The van der Waals surface area contributed by atoms with Crippen molar-refractivity contribution in [3.05, 3.63) is 22.7 Å². The summed E-state index contributed by atoms with van der Waals surface area (Å²) in [5.41, 5.74) is 7.15. The van der Waals surface area contributed by atoms with Crippen LogP contribution in [0.5, 0.6) is 11.5 Å². The van der Waals surface area contributed by atoms with Gasteiger partial charge in [-0.3, -0.25) is 0 Å². The van der Waals surface area contributed by atoms with Gasteiger partial charge in [-0.2, -0.15) is 0 Å². The molecule has 0 amide bonds. The molecule has 3 N–H and O–H groups in total. The number of nitrogens with two attached hydrogens (primary N) is 1. The normalized spacial score (nSPS) is 17.6. The summed E-state index contributed by atoms with van der Waals surface area (Å²) in [5, 5.41) is 9.97. The first-order valence-corrected chi connectivity index (χ1v) is 6.41. The summed E-state index contributed by atoms with van der Waals surface area (Å²) in [7, 11) is 1.50. The summed E-state index contributed by atoms with van der Waals surface area (Å²) in [4.78, 5) is 0. The van der Waals surface area contributed by atoms with E-state index in [1.165, 1.54) is 7.11 Å². The van der Waals surface area contributed by atoms with E-state index in [1.807, 2.05) is 0 Å². The molecule has 2 rings (SSSR count). The van der Waals surface area contributed by atoms with E-state index in [1.54, 1.807) is 12.1 Å². The number of rotatable bonds is 3. The number of phenols is 1. The Balaban J connectivity index is 0.00000180. The lowest BCUT2D eigenvalue weighted by Gasteiger charge is -2.28. The zero-order valence-electron chi connectivity index (χ0n) is 10.8. The lowest BCUT2D eigenvalue weighted by atomic mass is 9.87. The van der Waals surface area contributed by atoms with Gasteiger partial charge in [0.2, 0.25) is 0 Å². The fraction of sp³-hybridized carbons (Fsp3) is 0.538. The standard InChI is InChI=1S/C13H18ClNO3.ClH/c1-17-11-7-9(6-10(14)13(11)16)12(15)8-2-4-18-5-3-8;/h6-8,12,16H,2-5,15H2,1H3;1H/t12-;/m0./s1. The van der Waals surface area contributed by atoms with Crippen molar-refractivity contribution in [3.8, 4) is 11.5 Å². The van der Waals surface area contributed by atoms with Crippen LogP contribution in [0.1, 0.15) is 24.4 Å². The van der Waals surface area contributed by atoms with Gasteiger partial charge in [-0.15, -0.1) is 12.4 Å². The highest BCUT2D eigenvalue weighted by Crippen LogP contribution is 2.38. The molecule has 108 valence electrons. The third-order valence-corrected chi connectivity index (χ3v) is 3.72. The lowest BCUT2D eigenvalue weighted by Crippen LogP contribution is -2.27. The first kappa shape index (κ1) is 16.4. The summed E-state index contributed by atoms with van der Waals surface area (Å²) in [6.07, 6.45) is 1.89. The SMILES string of the molecule is COc1cc([C@@H](N)C2CCOCC2)cc(Cl)c1O.Cl. The molecule has 6 heteroatoms. The Hall–Kier alpha value is -0.680. The second-order valence-corrected chi connectivity index (χ2v) is 4.94. The minimum atomic E-state index is -0.110. The predicted molar refractivity (Wildman–Crippen MR) is 77.4 cm³/mol. The summed E-state index contributed by atoms with van der Waals surface area (Å²) in [5.74, 6) is 0.700. The van der Waals surface area contributed by atoms with Crippen LogP contribution in [0.25, 0.3) is 0 Å². The fourth-order valence-corrected chi connectivity index (χ4v) is 2.51. The maximum Gasteiger partial charge on any atom is 0.176 e. The minimum Gasteiger partial charge on any atom is -0.503 e. The van der Waals surface area contributed by atoms with Crippen LogP contribution in [0.15, 0.2) is 12.1 Å². The Morgan fingerprint density at radius 3 is 2.63 bits per heavy atom. The van der Waals surface area contributed by atoms with Gasteiger partial charge in [-0.25, -0.2) is 0 Å². The number of benzene rings is 1. The van der Waals surface area contributed by atoms with Gasteiger partial charge in [0, 0.05) is 19.3 Å². The molecule has 1 atom stereocenters. The zero-order chi connectivity index (χ0) is 13.1. The molecule has 0 aliphatic carbocycles. The Bertz CT molecular complexity index is 423. The van der Waals surface area contributed by atoms with Crippen LogP contribution in [0, 0.1) is 5.92 Å². The number of halogens is 2. The van der Waals surface area contributed by atoms with E-state index >= 15 is 0 Å². The van der Waals surface area contributed by atoms with Gasteiger partial charge in [0.15, 0.2) is 11.5 Å². The molecule has 1 aliphatic heterocycles. The Morgan fingerprint density at radius 1 is 1.42 bits per heavy atom. The number of ether oxygens (including phenoxy) is 2. The number of hydrogen-bond donors (Lipinski definition) is 2. The molecule has 1 aliphatic rings. The van der Waals surface area contributed by atoms with E-state index in [4.69, 9.17) is 26.8 Å². The molecule has 1 heterocycles. The van der Waals surface area contributed by atoms with Crippen molar-refractivity contribution in [2.45, 2.75) is 18.9 Å². The van der Waals surface area contributed by atoms with E-state index < -0.39 is 0 Å². The monoisotopic (exact) mass is 307 g/mol. The second-order valence-electron chi connectivity index (χ2n) is 4.53. The average molecular weight is 308 g/mol. The summed E-state index contributed by atoms with van der Waals surface area (Å²) in [6, 6.07) is 3.35. The van der Waals surface area contributed by atoms with E-state index in [0.29, 0.717) is 11.7 Å². The van der Waals surface area contributed by atoms with Crippen LogP contribution in [0.4, 0.5) is 0 Å². The van der Waals surface area contributed by atoms with Gasteiger partial charge in [-0.05, 0) is 36.5 Å². The molecule has 1 fully saturated rings. The molecule has 0 spiro atoms. The Labute approximate surface area is 124 Å². The molecule has 0 aromatic heterocycles. The van der Waals surface area contributed by atoms with E-state index in [2.05, 4.69) is 0 Å². The largest absolute Gasteiger partial charge is 0.503 e. The first-order valence-electron chi connectivity index (χ1n) is 6.03. The highest BCUT2D eigenvalue weighted by molar-refractivity contribution is 6.32. The molecule has 1 aromatic rings. The highest BCUT2D eigenvalue weighted by Gasteiger charge is 2.24. The van der Waals surface area contributed by atoms with Crippen LogP contribution in [0.3, 0.4) is 0 Å². The first-order chi connectivity index (χ1) is 8.63. The molecule has 0 unspecified atom stereocenters. The van der Waals surface area contributed by atoms with Crippen molar-refractivity contribution in [2.75, 3.05) is 20.3 Å². The van der Waals surface area contributed by atoms with Gasteiger partial charge in [0.25, 0.3) is 0 Å². The summed E-state index contributed by atoms with van der Waals surface area (Å²) >= 11 is 5.97. The third kappa shape index (κ3) is 3.66. The molecule has 0 radical (unpaired) electrons. The number of aromatic hydroxyl groups is 1. The number of hydrogen-bond acceptors (Lipinski definition) is 4. The van der Waals surface area contributed by atoms with Crippen LogP contribution < -0.4 is 10.5 Å². The topological polar surface area (TPSA) is 64.7 Å². The van der Waals surface area contributed by atoms with Crippen LogP contribution in [-0.4, -0.2) is 25.4 Å². The summed E-state index contributed by atoms with van der Waals surface area (Å²) < 4.78 is 10.4. The highest BCUT2D eigenvalue weighted by atomic mass is 35.5. The Morgan fingerprint density at radius 2 is 2.05 bits per heavy atom. The van der Waals surface area contributed by atoms with Crippen LogP contribution >= 0.6 is 24.0 Å². The second kappa shape index (κ2) is 7.20. The average Bonchev–Trinajstić information content (AvgIpc) is 2.42. The van der Waals surface area contributed by atoms with E-state index in [0.717, 1.165) is 31.6 Å². The molecule has 0 saturated carbocycles. The quantitative estimate of drug-likeness (QED) is 0.901. The van der Waals surface area contributed by atoms with Crippen LogP contribution in [0.2, 0.25) is 5.02 Å². The minimum absolute atomic E-state index is 0. The number of methoxy groups -OCH3 is 1. The molecule has 4 nitrogen and oxygen atoms in total. The van der Waals surface area contributed by atoms with Gasteiger partial charge >= 0.3 is 0 Å². The molecule has 1 aromatic carbocycles. The third-order valence-electron chi connectivity index (χ3n) is 3.43. The molecule has 19 heavy (non-hydrogen) atoms. The summed E-state index contributed by atoms with van der Waals surface area (Å²) in [6.45, 7) is 1.50. The molecular formula is C13H19Cl2NO3. The predicted octanol–water partition coefficient (Wildman–Crippen LogP) is 2.90. The fourth-order valence-electron chi connectivity index (χ4n) is 2.29. The van der Waals surface area contributed by atoms with Gasteiger partial charge in [0.1, 0.15) is 0 Å². The van der Waals surface area contributed by atoms with Crippen molar-refractivity contribution in [3.63, 3.8) is 0 Å². The van der Waals surface area contributed by atoms with Crippen molar-refractivity contribution in [1.29, 1.82) is 0 Å². The molecule has 1 saturated heterocycles. The maximum atomic E-state index is 9.70. The Kier molecular flexibility index (Phi) is 6.20. The van der Waals surface area contributed by atoms with E-state index in [-0.39, 0.29) is 29.2 Å². The van der Waals surface area contributed by atoms with E-state index in [9.17, 15) is 5.11 Å². The lowest BCUT2D eigenvalue weighted by molar-refractivity contribution is 0.0583.